The topological polar surface area (TPSA) is 90.3 Å². The summed E-state index contributed by atoms with van der Waals surface area (Å²) in [5, 5.41) is 0. The SMILES string of the molecule is Nc1ncc(-c2cccc(N3CCOCC3)c2)nc1-c1nc2ccccc2o1. The van der Waals surface area contributed by atoms with Gasteiger partial charge in [-0.15, -0.1) is 0 Å². The maximum atomic E-state index is 6.07. The first-order chi connectivity index (χ1) is 13.8. The van der Waals surface area contributed by atoms with Crippen molar-refractivity contribution in [2.45, 2.75) is 0 Å². The zero-order chi connectivity index (χ0) is 18.9. The van der Waals surface area contributed by atoms with Crippen molar-refractivity contribution in [1.82, 2.24) is 15.0 Å². The van der Waals surface area contributed by atoms with E-state index in [2.05, 4.69) is 27.0 Å². The van der Waals surface area contributed by atoms with E-state index in [0.29, 0.717) is 23.0 Å². The number of para-hydroxylation sites is 2. The van der Waals surface area contributed by atoms with Gasteiger partial charge in [-0.3, -0.25) is 0 Å². The summed E-state index contributed by atoms with van der Waals surface area (Å²) >= 11 is 0. The molecule has 1 aliphatic rings. The van der Waals surface area contributed by atoms with E-state index in [4.69, 9.17) is 19.9 Å². The minimum Gasteiger partial charge on any atom is -0.435 e. The molecular formula is C21H19N5O2. The molecule has 0 amide bonds. The number of ether oxygens (including phenoxy) is 1. The molecule has 0 radical (unpaired) electrons. The van der Waals surface area contributed by atoms with Crippen LogP contribution in [0.5, 0.6) is 0 Å². The molecule has 4 aromatic rings. The van der Waals surface area contributed by atoms with E-state index in [1.807, 2.05) is 36.4 Å². The highest BCUT2D eigenvalue weighted by Crippen LogP contribution is 2.29. The van der Waals surface area contributed by atoms with Crippen molar-refractivity contribution >= 4 is 22.6 Å². The number of fused-ring (bicyclic) bond motifs is 1. The Morgan fingerprint density at radius 1 is 0.964 bits per heavy atom. The van der Waals surface area contributed by atoms with Crippen LogP contribution < -0.4 is 10.6 Å². The lowest BCUT2D eigenvalue weighted by Crippen LogP contribution is -2.36. The van der Waals surface area contributed by atoms with Gasteiger partial charge >= 0.3 is 0 Å². The fourth-order valence-corrected chi connectivity index (χ4v) is 3.35. The molecule has 2 aromatic heterocycles. The summed E-state index contributed by atoms with van der Waals surface area (Å²) in [6.45, 7) is 3.25. The Labute approximate surface area is 161 Å². The summed E-state index contributed by atoms with van der Waals surface area (Å²) in [5.74, 6) is 0.664. The third kappa shape index (κ3) is 3.05. The first-order valence-corrected chi connectivity index (χ1v) is 9.19. The molecule has 3 heterocycles. The number of anilines is 2. The summed E-state index contributed by atoms with van der Waals surface area (Å²) in [6.07, 6.45) is 1.68. The molecule has 1 saturated heterocycles. The standard InChI is InChI=1S/C21H19N5O2/c22-20-19(21-25-16-6-1-2-7-18(16)28-21)24-17(13-23-20)14-4-3-5-15(12-14)26-8-10-27-11-9-26/h1-7,12-13H,8-11H2,(H2,22,23). The van der Waals surface area contributed by atoms with Gasteiger partial charge < -0.3 is 19.8 Å². The number of nitrogen functional groups attached to an aromatic ring is 1. The van der Waals surface area contributed by atoms with E-state index in [1.165, 1.54) is 0 Å². The Morgan fingerprint density at radius 2 is 1.82 bits per heavy atom. The number of benzene rings is 2. The zero-order valence-corrected chi connectivity index (χ0v) is 15.2. The molecule has 140 valence electrons. The first kappa shape index (κ1) is 16.7. The van der Waals surface area contributed by atoms with Gasteiger partial charge in [-0.2, -0.15) is 0 Å². The predicted octanol–water partition coefficient (Wildman–Crippen LogP) is 3.37. The van der Waals surface area contributed by atoms with Crippen LogP contribution in [0.25, 0.3) is 33.9 Å². The Morgan fingerprint density at radius 3 is 2.68 bits per heavy atom. The summed E-state index contributed by atoms with van der Waals surface area (Å²) in [7, 11) is 0. The molecule has 0 saturated carbocycles. The lowest BCUT2D eigenvalue weighted by molar-refractivity contribution is 0.122. The Bertz CT molecular complexity index is 1100. The molecule has 0 unspecified atom stereocenters. The van der Waals surface area contributed by atoms with Crippen molar-refractivity contribution in [2.75, 3.05) is 36.9 Å². The second-order valence-corrected chi connectivity index (χ2v) is 6.63. The van der Waals surface area contributed by atoms with E-state index < -0.39 is 0 Å². The van der Waals surface area contributed by atoms with Gasteiger partial charge in [-0.25, -0.2) is 15.0 Å². The van der Waals surface area contributed by atoms with Crippen molar-refractivity contribution in [3.63, 3.8) is 0 Å². The molecule has 1 aliphatic heterocycles. The summed E-state index contributed by atoms with van der Waals surface area (Å²) in [5.41, 5.74) is 10.8. The Hall–Kier alpha value is -3.45. The monoisotopic (exact) mass is 373 g/mol. The highest BCUT2D eigenvalue weighted by Gasteiger charge is 2.16. The number of oxazole rings is 1. The van der Waals surface area contributed by atoms with E-state index in [-0.39, 0.29) is 0 Å². The van der Waals surface area contributed by atoms with Gasteiger partial charge in [0.2, 0.25) is 5.89 Å². The Balaban J connectivity index is 1.54. The van der Waals surface area contributed by atoms with Gasteiger partial charge in [0.15, 0.2) is 17.1 Å². The number of nitrogens with zero attached hydrogens (tertiary/aromatic N) is 4. The van der Waals surface area contributed by atoms with Crippen LogP contribution in [0.15, 0.2) is 59.1 Å². The lowest BCUT2D eigenvalue weighted by atomic mass is 10.1. The van der Waals surface area contributed by atoms with Crippen molar-refractivity contribution < 1.29 is 9.15 Å². The molecule has 0 atom stereocenters. The van der Waals surface area contributed by atoms with Crippen molar-refractivity contribution in [1.29, 1.82) is 0 Å². The number of morpholine rings is 1. The molecule has 1 fully saturated rings. The summed E-state index contributed by atoms with van der Waals surface area (Å²) in [4.78, 5) is 15.8. The molecule has 0 spiro atoms. The van der Waals surface area contributed by atoms with Crippen LogP contribution in [-0.4, -0.2) is 41.3 Å². The number of hydrogen-bond acceptors (Lipinski definition) is 7. The fourth-order valence-electron chi connectivity index (χ4n) is 3.35. The minimum absolute atomic E-state index is 0.291. The van der Waals surface area contributed by atoms with Gasteiger partial charge in [-0.1, -0.05) is 24.3 Å². The lowest BCUT2D eigenvalue weighted by Gasteiger charge is -2.29. The number of aromatic nitrogens is 3. The van der Waals surface area contributed by atoms with Crippen LogP contribution >= 0.6 is 0 Å². The first-order valence-electron chi connectivity index (χ1n) is 9.19. The molecule has 2 aromatic carbocycles. The van der Waals surface area contributed by atoms with Crippen LogP contribution in [0.4, 0.5) is 11.5 Å². The minimum atomic E-state index is 0.291. The number of hydrogen-bond donors (Lipinski definition) is 1. The molecular weight excluding hydrogens is 354 g/mol. The van der Waals surface area contributed by atoms with Crippen LogP contribution in [0, 0.1) is 0 Å². The van der Waals surface area contributed by atoms with Crippen molar-refractivity contribution in [2.24, 2.45) is 0 Å². The van der Waals surface area contributed by atoms with Crippen LogP contribution in [-0.2, 0) is 4.74 Å². The molecule has 0 bridgehead atoms. The van der Waals surface area contributed by atoms with E-state index >= 15 is 0 Å². The van der Waals surface area contributed by atoms with Crippen molar-refractivity contribution in [3.05, 3.63) is 54.7 Å². The highest BCUT2D eigenvalue weighted by molar-refractivity contribution is 5.78. The summed E-state index contributed by atoms with van der Waals surface area (Å²) < 4.78 is 11.3. The maximum Gasteiger partial charge on any atom is 0.250 e. The van der Waals surface area contributed by atoms with E-state index in [0.717, 1.165) is 48.8 Å². The van der Waals surface area contributed by atoms with Gasteiger partial charge in [0.05, 0.1) is 25.1 Å². The Kier molecular flexibility index (Phi) is 4.14. The normalized spacial score (nSPS) is 14.5. The quantitative estimate of drug-likeness (QED) is 0.589. The number of rotatable bonds is 3. The van der Waals surface area contributed by atoms with Gasteiger partial charge in [-0.05, 0) is 24.3 Å². The average molecular weight is 373 g/mol. The second-order valence-electron chi connectivity index (χ2n) is 6.63. The van der Waals surface area contributed by atoms with E-state index in [1.54, 1.807) is 6.20 Å². The molecule has 0 aliphatic carbocycles. The third-order valence-electron chi connectivity index (χ3n) is 4.82. The highest BCUT2D eigenvalue weighted by atomic mass is 16.5. The largest absolute Gasteiger partial charge is 0.435 e. The van der Waals surface area contributed by atoms with Gasteiger partial charge in [0, 0.05) is 24.3 Å². The molecule has 5 rings (SSSR count). The molecule has 2 N–H and O–H groups in total. The van der Waals surface area contributed by atoms with Gasteiger partial charge in [0.25, 0.3) is 0 Å². The summed E-state index contributed by atoms with van der Waals surface area (Å²) in [6, 6.07) is 15.8. The maximum absolute atomic E-state index is 6.07. The number of nitrogens with two attached hydrogens (primary N) is 1. The average Bonchev–Trinajstić information content (AvgIpc) is 3.19. The third-order valence-corrected chi connectivity index (χ3v) is 4.82. The van der Waals surface area contributed by atoms with Crippen LogP contribution in [0.3, 0.4) is 0 Å². The van der Waals surface area contributed by atoms with Crippen LogP contribution in [0.1, 0.15) is 0 Å². The predicted molar refractivity (Wildman–Crippen MR) is 108 cm³/mol. The fraction of sp³-hybridized carbons (Fsp3) is 0.190. The molecule has 28 heavy (non-hydrogen) atoms. The smallest absolute Gasteiger partial charge is 0.250 e. The second kappa shape index (κ2) is 6.94. The van der Waals surface area contributed by atoms with Crippen molar-refractivity contribution in [3.8, 4) is 22.8 Å². The zero-order valence-electron chi connectivity index (χ0n) is 15.2. The van der Waals surface area contributed by atoms with Crippen LogP contribution in [0.2, 0.25) is 0 Å². The van der Waals surface area contributed by atoms with E-state index in [9.17, 15) is 0 Å². The molecule has 7 heteroatoms. The van der Waals surface area contributed by atoms with Gasteiger partial charge in [0.1, 0.15) is 5.52 Å². The molecule has 7 nitrogen and oxygen atoms in total.